The van der Waals surface area contributed by atoms with Crippen molar-refractivity contribution in [3.05, 3.63) is 89.1 Å². The van der Waals surface area contributed by atoms with Crippen molar-refractivity contribution >= 4 is 28.4 Å². The minimum atomic E-state index is -2.92. The number of halogens is 3. The molecule has 0 spiro atoms. The number of amides is 1. The molecule has 2 heterocycles. The van der Waals surface area contributed by atoms with Crippen molar-refractivity contribution in [1.82, 2.24) is 15.0 Å². The van der Waals surface area contributed by atoms with E-state index in [1.165, 1.54) is 18.3 Å². The largest absolute Gasteiger partial charge is 0.363 e. The average Bonchev–Trinajstić information content (AvgIpc) is 2.79. The number of fused-ring (bicyclic) bond motifs is 1. The molecule has 1 amide bonds. The van der Waals surface area contributed by atoms with E-state index in [0.29, 0.717) is 33.9 Å². The number of anilines is 2. The van der Waals surface area contributed by atoms with Crippen molar-refractivity contribution in [2.45, 2.75) is 26.3 Å². The maximum absolute atomic E-state index is 14.6. The van der Waals surface area contributed by atoms with Crippen LogP contribution in [0.4, 0.5) is 24.7 Å². The number of alkyl halides is 2. The fourth-order valence-electron chi connectivity index (χ4n) is 3.45. The summed E-state index contributed by atoms with van der Waals surface area (Å²) in [5, 5.41) is 6.34. The van der Waals surface area contributed by atoms with Crippen LogP contribution in [0.2, 0.25) is 0 Å². The molecule has 4 rings (SSSR count). The van der Waals surface area contributed by atoms with E-state index in [0.717, 1.165) is 6.07 Å². The summed E-state index contributed by atoms with van der Waals surface area (Å²) in [5.74, 6) is -0.502. The lowest BCUT2D eigenvalue weighted by atomic mass is 10.0. The van der Waals surface area contributed by atoms with Crippen molar-refractivity contribution in [3.63, 3.8) is 0 Å². The summed E-state index contributed by atoms with van der Waals surface area (Å²) in [6.45, 7) is 3.32. The lowest BCUT2D eigenvalue weighted by molar-refractivity contribution is 0.102. The Morgan fingerprint density at radius 3 is 2.45 bits per heavy atom. The van der Waals surface area contributed by atoms with Crippen molar-refractivity contribution in [2.75, 3.05) is 10.6 Å². The van der Waals surface area contributed by atoms with E-state index < -0.39 is 23.8 Å². The van der Waals surface area contributed by atoms with Crippen LogP contribution in [0.15, 0.2) is 60.8 Å². The van der Waals surface area contributed by atoms with Gasteiger partial charge in [-0.05, 0) is 32.0 Å². The summed E-state index contributed by atoms with van der Waals surface area (Å²) in [6, 6.07) is 13.6. The van der Waals surface area contributed by atoms with E-state index in [1.54, 1.807) is 44.2 Å². The zero-order chi connectivity index (χ0) is 23.5. The van der Waals surface area contributed by atoms with Crippen LogP contribution in [0.25, 0.3) is 11.0 Å². The van der Waals surface area contributed by atoms with E-state index in [1.807, 2.05) is 6.07 Å². The van der Waals surface area contributed by atoms with Gasteiger partial charge in [-0.25, -0.2) is 28.1 Å². The van der Waals surface area contributed by atoms with Crippen molar-refractivity contribution in [3.8, 4) is 0 Å². The second-order valence-corrected chi connectivity index (χ2v) is 7.45. The van der Waals surface area contributed by atoms with E-state index in [9.17, 15) is 18.0 Å². The summed E-state index contributed by atoms with van der Waals surface area (Å²) in [5.41, 5.74) is 0.706. The number of nitrogens with zero attached hydrogens (tertiary/aromatic N) is 3. The Labute approximate surface area is 187 Å². The molecule has 168 valence electrons. The number of rotatable bonds is 6. The van der Waals surface area contributed by atoms with E-state index in [4.69, 9.17) is 0 Å². The monoisotopic (exact) mass is 451 g/mol. The van der Waals surface area contributed by atoms with Gasteiger partial charge >= 0.3 is 0 Å². The Morgan fingerprint density at radius 1 is 1.00 bits per heavy atom. The Balaban J connectivity index is 1.67. The van der Waals surface area contributed by atoms with Crippen LogP contribution in [0.5, 0.6) is 0 Å². The molecule has 2 aromatic heterocycles. The number of aryl methyl sites for hydroxylation is 1. The molecule has 6 nitrogen and oxygen atoms in total. The minimum absolute atomic E-state index is 0.0821. The highest BCUT2D eigenvalue weighted by atomic mass is 19.3. The first-order valence-electron chi connectivity index (χ1n) is 10.2. The fourth-order valence-corrected chi connectivity index (χ4v) is 3.45. The normalized spacial score (nSPS) is 12.1. The highest BCUT2D eigenvalue weighted by Gasteiger charge is 2.20. The molecule has 9 heteroatoms. The third kappa shape index (κ3) is 4.77. The molecule has 1 atom stereocenters. The SMILES string of the molecule is Cc1nc(N[C@H](C)c2cccc(C(F)F)c2F)c2cc(NC(=O)c3ccccc3)cnc2n1. The van der Waals surface area contributed by atoms with E-state index >= 15 is 0 Å². The molecule has 0 saturated carbocycles. The van der Waals surface area contributed by atoms with E-state index in [-0.39, 0.29) is 11.5 Å². The summed E-state index contributed by atoms with van der Waals surface area (Å²) in [6.07, 6.45) is -1.44. The smallest absolute Gasteiger partial charge is 0.266 e. The molecule has 0 unspecified atom stereocenters. The Hall–Kier alpha value is -4.01. The number of pyridine rings is 1. The quantitative estimate of drug-likeness (QED) is 0.385. The first-order chi connectivity index (χ1) is 15.8. The van der Waals surface area contributed by atoms with Crippen LogP contribution in [-0.4, -0.2) is 20.9 Å². The summed E-state index contributed by atoms with van der Waals surface area (Å²) in [4.78, 5) is 25.5. The number of hydrogen-bond donors (Lipinski definition) is 2. The average molecular weight is 451 g/mol. The molecule has 0 radical (unpaired) electrons. The predicted octanol–water partition coefficient (Wildman–Crippen LogP) is 5.84. The molecule has 0 aliphatic carbocycles. The van der Waals surface area contributed by atoms with Crippen LogP contribution < -0.4 is 10.6 Å². The first-order valence-corrected chi connectivity index (χ1v) is 10.2. The van der Waals surface area contributed by atoms with Gasteiger partial charge in [-0.3, -0.25) is 4.79 Å². The third-order valence-electron chi connectivity index (χ3n) is 5.07. The topological polar surface area (TPSA) is 79.8 Å². The lowest BCUT2D eigenvalue weighted by Crippen LogP contribution is -2.14. The molecule has 2 aromatic carbocycles. The molecular formula is C24H20F3N5O. The summed E-state index contributed by atoms with van der Waals surface area (Å²) >= 11 is 0. The molecule has 33 heavy (non-hydrogen) atoms. The Bertz CT molecular complexity index is 1310. The van der Waals surface area contributed by atoms with Gasteiger partial charge in [0.15, 0.2) is 5.65 Å². The van der Waals surface area contributed by atoms with Gasteiger partial charge < -0.3 is 10.6 Å². The zero-order valence-corrected chi connectivity index (χ0v) is 17.8. The molecule has 0 aliphatic heterocycles. The van der Waals surface area contributed by atoms with E-state index in [2.05, 4.69) is 25.6 Å². The number of benzene rings is 2. The predicted molar refractivity (Wildman–Crippen MR) is 120 cm³/mol. The number of aromatic nitrogens is 3. The Morgan fingerprint density at radius 2 is 1.73 bits per heavy atom. The number of hydrogen-bond acceptors (Lipinski definition) is 5. The Kier molecular flexibility index (Phi) is 6.21. The molecular weight excluding hydrogens is 431 g/mol. The van der Waals surface area contributed by atoms with Crippen molar-refractivity contribution in [2.24, 2.45) is 0 Å². The molecule has 4 aromatic rings. The second-order valence-electron chi connectivity index (χ2n) is 7.45. The van der Waals surface area contributed by atoms with Crippen LogP contribution >= 0.6 is 0 Å². The zero-order valence-electron chi connectivity index (χ0n) is 17.8. The number of carbonyl (C=O) groups excluding carboxylic acids is 1. The van der Waals surface area contributed by atoms with Gasteiger partial charge in [-0.15, -0.1) is 0 Å². The molecule has 0 aliphatic rings. The summed E-state index contributed by atoms with van der Waals surface area (Å²) in [7, 11) is 0. The van der Waals surface area contributed by atoms with Gasteiger partial charge in [-0.1, -0.05) is 36.4 Å². The van der Waals surface area contributed by atoms with Crippen LogP contribution in [-0.2, 0) is 0 Å². The van der Waals surface area contributed by atoms with Gasteiger partial charge in [0, 0.05) is 11.1 Å². The highest BCUT2D eigenvalue weighted by molar-refractivity contribution is 6.05. The number of nitrogens with one attached hydrogen (secondary N) is 2. The highest BCUT2D eigenvalue weighted by Crippen LogP contribution is 2.30. The van der Waals surface area contributed by atoms with Crippen LogP contribution in [0, 0.1) is 12.7 Å². The first kappa shape index (κ1) is 22.2. The standard InChI is InChI=1S/C24H20F3N5O/c1-13(17-9-6-10-18(20(17)25)21(26)27)29-23-19-11-16(12-28-22(19)30-14(2)31-23)32-24(33)15-7-4-3-5-8-15/h3-13,21H,1-2H3,(H,32,33)(H,28,29,30,31)/t13-/m1/s1. The molecule has 2 N–H and O–H groups in total. The van der Waals surface area contributed by atoms with Gasteiger partial charge in [0.1, 0.15) is 17.5 Å². The van der Waals surface area contributed by atoms with Gasteiger partial charge in [-0.2, -0.15) is 0 Å². The maximum Gasteiger partial charge on any atom is 0.266 e. The number of carbonyl (C=O) groups is 1. The second kappa shape index (κ2) is 9.23. The van der Waals surface area contributed by atoms with Gasteiger partial charge in [0.25, 0.3) is 12.3 Å². The molecule has 0 fully saturated rings. The van der Waals surface area contributed by atoms with Crippen molar-refractivity contribution in [1.29, 1.82) is 0 Å². The van der Waals surface area contributed by atoms with Gasteiger partial charge in [0.2, 0.25) is 0 Å². The minimum Gasteiger partial charge on any atom is -0.363 e. The fraction of sp³-hybridized carbons (Fsp3) is 0.167. The molecule has 0 saturated heterocycles. The lowest BCUT2D eigenvalue weighted by Gasteiger charge is -2.18. The van der Waals surface area contributed by atoms with Gasteiger partial charge in [0.05, 0.1) is 28.9 Å². The summed E-state index contributed by atoms with van der Waals surface area (Å²) < 4.78 is 40.8. The molecule has 0 bridgehead atoms. The van der Waals surface area contributed by atoms with Crippen LogP contribution in [0.3, 0.4) is 0 Å². The third-order valence-corrected chi connectivity index (χ3v) is 5.07. The van der Waals surface area contributed by atoms with Crippen LogP contribution in [0.1, 0.15) is 46.7 Å². The maximum atomic E-state index is 14.6. The van der Waals surface area contributed by atoms with Crippen molar-refractivity contribution < 1.29 is 18.0 Å².